The molecule has 1 aromatic heterocycles. The van der Waals surface area contributed by atoms with Gasteiger partial charge in [-0.2, -0.15) is 18.2 Å². The number of piperidine rings is 3. The van der Waals surface area contributed by atoms with Crippen molar-refractivity contribution in [1.82, 2.24) is 38.7 Å². The largest absolute Gasteiger partial charge is 2.00 e. The van der Waals surface area contributed by atoms with E-state index in [0.717, 1.165) is 68.2 Å². The number of benzene rings is 3. The smallest absolute Gasteiger partial charge is 1.00 e. The first-order chi connectivity index (χ1) is 31.2. The summed E-state index contributed by atoms with van der Waals surface area (Å²) in [6.45, 7) is 11.3. The number of hydrogen-bond donors (Lipinski definition) is 2. The van der Waals surface area contributed by atoms with E-state index in [2.05, 4.69) is 52.4 Å². The fraction of sp³-hybridized carbons (Fsp3) is 0.654. The molecule has 398 valence electrons. The third kappa shape index (κ3) is 18.3. The fourth-order valence-electron chi connectivity index (χ4n) is 9.77. The monoisotopic (exact) mass is 1110 g/mol. The molecule has 4 aromatic rings. The molecular weight excluding hydrogens is 1020 g/mol. The van der Waals surface area contributed by atoms with Crippen LogP contribution in [-0.2, 0) is 20.0 Å². The van der Waals surface area contributed by atoms with Crippen LogP contribution in [0, 0.1) is 29.5 Å². The Hall–Kier alpha value is -2.17. The number of rotatable bonds is 9. The van der Waals surface area contributed by atoms with Crippen molar-refractivity contribution in [2.24, 2.45) is 11.8 Å². The molecule has 2 N–H and O–H groups in total. The Bertz CT molecular complexity index is 2330. The summed E-state index contributed by atoms with van der Waals surface area (Å²) in [5.41, 5.74) is 2.60. The molecule has 3 aromatic carbocycles. The van der Waals surface area contributed by atoms with Gasteiger partial charge in [0.25, 0.3) is 0 Å². The number of aliphatic hydroxyl groups excluding tert-OH is 1. The van der Waals surface area contributed by atoms with Crippen molar-refractivity contribution in [2.75, 3.05) is 59.4 Å². The third-order valence-corrected chi connectivity index (χ3v) is 18.5. The number of para-hydroxylation sites is 1. The maximum Gasteiger partial charge on any atom is 2.00 e. The number of aliphatic hydroxyl groups is 1. The summed E-state index contributed by atoms with van der Waals surface area (Å²) in [5.74, 6) is -0.0535. The average molecular weight is 1110 g/mol. The summed E-state index contributed by atoms with van der Waals surface area (Å²) in [4.78, 5) is 4.90. The predicted molar refractivity (Wildman–Crippen MR) is 283 cm³/mol. The van der Waals surface area contributed by atoms with E-state index in [1.807, 2.05) is 30.3 Å². The number of aromatic nitrogens is 3. The van der Waals surface area contributed by atoms with Crippen molar-refractivity contribution in [2.45, 2.75) is 149 Å². The van der Waals surface area contributed by atoms with Gasteiger partial charge in [-0.25, -0.2) is 34.5 Å². The van der Waals surface area contributed by atoms with Crippen LogP contribution < -0.4 is 22.3 Å². The van der Waals surface area contributed by atoms with Crippen molar-refractivity contribution < 1.29 is 47.7 Å². The molecule has 2 saturated carbocycles. The summed E-state index contributed by atoms with van der Waals surface area (Å²) in [6.07, 6.45) is 9.06. The van der Waals surface area contributed by atoms with E-state index in [9.17, 15) is 30.7 Å². The number of hydrogen-bond acceptors (Lipinski definition) is 10. The quantitative estimate of drug-likeness (QED) is 0.157. The number of fused-ring (bicyclic) bond motifs is 1. The van der Waals surface area contributed by atoms with Gasteiger partial charge in [0, 0.05) is 75.7 Å². The first-order valence-electron chi connectivity index (χ1n) is 23.7. The molecule has 1 unspecified atom stereocenters. The summed E-state index contributed by atoms with van der Waals surface area (Å²) >= 11 is 0. The third-order valence-electron chi connectivity index (χ3n) is 13.7. The second kappa shape index (κ2) is 31.0. The number of nitrogens with one attached hydrogen (secondary N) is 1. The minimum absolute atomic E-state index is 0. The number of likely N-dealkylation sites (tertiary alicyclic amines) is 1. The number of nitrogens with zero attached hydrogens (tertiary/aromatic N) is 7. The van der Waals surface area contributed by atoms with E-state index in [1.54, 1.807) is 37.6 Å². The molecule has 5 heterocycles. The maximum absolute atomic E-state index is 14.0. The molecule has 10 rings (SSSR count). The molecule has 19 heteroatoms. The van der Waals surface area contributed by atoms with Crippen LogP contribution in [0.4, 0.5) is 8.78 Å². The van der Waals surface area contributed by atoms with Crippen LogP contribution in [0.15, 0.2) is 72.8 Å². The van der Waals surface area contributed by atoms with E-state index >= 15 is 0 Å². The van der Waals surface area contributed by atoms with Crippen LogP contribution in [0.5, 0.6) is 0 Å². The molecular formula is C52H85BrF2MgN8O5S2. The molecule has 0 bridgehead atoms. The zero-order chi connectivity index (χ0) is 46.1. The summed E-state index contributed by atoms with van der Waals surface area (Å²) in [7, 11) is -4.03. The van der Waals surface area contributed by atoms with Crippen LogP contribution in [0.25, 0.3) is 11.0 Å². The molecule has 6 aliphatic rings. The van der Waals surface area contributed by atoms with Crippen molar-refractivity contribution >= 4 is 54.1 Å². The molecule has 0 radical (unpaired) electrons. The topological polar surface area (TPSA) is 144 Å². The Morgan fingerprint density at radius 2 is 1.30 bits per heavy atom. The van der Waals surface area contributed by atoms with E-state index < -0.39 is 26.3 Å². The van der Waals surface area contributed by atoms with Gasteiger partial charge in [0.2, 0.25) is 20.0 Å². The van der Waals surface area contributed by atoms with Gasteiger partial charge in [0.15, 0.2) is 6.23 Å². The van der Waals surface area contributed by atoms with Gasteiger partial charge >= 0.3 is 23.1 Å². The van der Waals surface area contributed by atoms with Crippen molar-refractivity contribution in [1.29, 1.82) is 0 Å². The summed E-state index contributed by atoms with van der Waals surface area (Å²) in [5, 5.41) is 21.8. The maximum atomic E-state index is 14.0. The number of sulfonamides is 2. The molecule has 13 nitrogen and oxygen atoms in total. The fourth-order valence-corrected chi connectivity index (χ4v) is 13.5. The van der Waals surface area contributed by atoms with Gasteiger partial charge in [0.1, 0.15) is 11.3 Å². The van der Waals surface area contributed by atoms with E-state index in [-0.39, 0.29) is 104 Å². The van der Waals surface area contributed by atoms with Gasteiger partial charge in [-0.3, -0.25) is 9.29 Å². The molecule has 71 heavy (non-hydrogen) atoms. The van der Waals surface area contributed by atoms with Crippen molar-refractivity contribution in [3.63, 3.8) is 0 Å². The predicted octanol–water partition coefficient (Wildman–Crippen LogP) is 5.78. The van der Waals surface area contributed by atoms with Crippen molar-refractivity contribution in [3.05, 3.63) is 96.1 Å². The van der Waals surface area contributed by atoms with Crippen LogP contribution in [0.3, 0.4) is 0 Å². The Balaban J connectivity index is 0.000000518. The molecule has 4 aliphatic heterocycles. The molecule has 0 spiro atoms. The van der Waals surface area contributed by atoms with Crippen LogP contribution in [0.1, 0.15) is 132 Å². The second-order valence-corrected chi connectivity index (χ2v) is 23.2. The molecule has 2 aliphatic carbocycles. The Labute approximate surface area is 453 Å². The molecule has 0 amide bonds. The second-order valence-electron chi connectivity index (χ2n) is 18.8. The minimum atomic E-state index is -3.11. The van der Waals surface area contributed by atoms with Gasteiger partial charge in [0.05, 0.1) is 16.0 Å². The van der Waals surface area contributed by atoms with Gasteiger partial charge in [-0.1, -0.05) is 65.6 Å². The average Bonchev–Trinajstić information content (AvgIpc) is 4.26. The first-order valence-corrected chi connectivity index (χ1v) is 26.7. The Morgan fingerprint density at radius 3 is 1.77 bits per heavy atom. The SMILES string of the molecule is C.C.C.C.C[C@H]1CCCCN1[C@@H](c1cccc(F)c1)C1CCN(S(=O)(=O)C2CC2)CC1.C[C@H]1CN(C)CCN1.Fc1c[c-]ccc1.O=S(=O)(C1CC1)N1CCC(C(O)n2nnc3ccccc32)CC1.[Br-].[Mg+2]. The Morgan fingerprint density at radius 1 is 0.718 bits per heavy atom. The molecule has 4 atom stereocenters. The number of piperazine rings is 1. The standard InChI is InChI=1S/C21H31FN2O2S.C15H20N4O3S.C6H4F.C6H14N2.4CH4.BrH.Mg/c1-16-5-2-3-12-24(16)21(18-6-4-7-19(22)15-18)17-10-13-23(14-11-17)27(25,26)20-8-9-20;20-15(19-14-4-2-1-3-13(14)16-17-19)11-7-9-18(10-8-11)23(21,22)12-5-6-12;7-6-4-2-1-3-5-6;1-6-5-8(2)4-3-7-6;;;;;;/h4,6-7,15-17,20-21H,2-3,5,8-14H2,1H3;1-4,11-12,15,20H,5-10H2;1-2,4-5H;6-7H,3-5H2,1-2H3;4*1H4;1H;/q;;-1;;;;;;;+2/p-1/t16-,21+;;;6-;;;;;;/m0..0....../s1. The van der Waals surface area contributed by atoms with Gasteiger partial charge in [-0.05, 0) is 127 Å². The van der Waals surface area contributed by atoms with Crippen LogP contribution in [0.2, 0.25) is 0 Å². The van der Waals surface area contributed by atoms with Gasteiger partial charge in [-0.15, -0.1) is 17.2 Å². The first kappa shape index (κ1) is 66.8. The van der Waals surface area contributed by atoms with Crippen LogP contribution >= 0.6 is 0 Å². The van der Waals surface area contributed by atoms with E-state index in [0.29, 0.717) is 57.0 Å². The summed E-state index contributed by atoms with van der Waals surface area (Å²) < 4.78 is 80.3. The zero-order valence-corrected chi connectivity index (χ0v) is 44.0. The normalized spacial score (nSPS) is 22.3. The van der Waals surface area contributed by atoms with Crippen LogP contribution in [-0.4, -0.2) is 160 Å². The van der Waals surface area contributed by atoms with Gasteiger partial charge < -0.3 is 32.3 Å². The Kier molecular flexibility index (Phi) is 29.2. The number of halogens is 3. The molecule has 6 fully saturated rings. The summed E-state index contributed by atoms with van der Waals surface area (Å²) in [6, 6.07) is 24.4. The van der Waals surface area contributed by atoms with E-state index in [1.165, 1.54) is 50.6 Å². The molecule has 4 saturated heterocycles. The minimum Gasteiger partial charge on any atom is -1.00 e. The van der Waals surface area contributed by atoms with Crippen molar-refractivity contribution in [3.8, 4) is 0 Å². The zero-order valence-electron chi connectivity index (χ0n) is 39.4. The van der Waals surface area contributed by atoms with E-state index in [4.69, 9.17) is 0 Å². The number of likely N-dealkylation sites (N-methyl/N-ethyl adjacent to an activating group) is 1.